The molecule has 1 fully saturated rings. The quantitative estimate of drug-likeness (QED) is 0.720. The minimum absolute atomic E-state index is 0.110. The molecule has 3 rings (SSSR count). The lowest BCUT2D eigenvalue weighted by molar-refractivity contribution is -0.131. The van der Waals surface area contributed by atoms with Crippen LogP contribution < -0.4 is 9.64 Å². The summed E-state index contributed by atoms with van der Waals surface area (Å²) in [6.07, 6.45) is 1.88. The Balaban J connectivity index is 1.42. The van der Waals surface area contributed by atoms with Crippen LogP contribution in [0, 0.1) is 11.6 Å². The van der Waals surface area contributed by atoms with Crippen molar-refractivity contribution in [3.63, 3.8) is 0 Å². The average molecular weight is 374 g/mol. The highest BCUT2D eigenvalue weighted by Gasteiger charge is 2.19. The Hall–Kier alpha value is -2.63. The first kappa shape index (κ1) is 19.1. The van der Waals surface area contributed by atoms with Crippen LogP contribution in [0.2, 0.25) is 0 Å². The maximum absolute atomic E-state index is 13.1. The van der Waals surface area contributed by atoms with Gasteiger partial charge in [0.1, 0.15) is 17.4 Å². The fraction of sp³-hybridized carbons (Fsp3) is 0.381. The predicted octanol–water partition coefficient (Wildman–Crippen LogP) is 3.86. The lowest BCUT2D eigenvalue weighted by Crippen LogP contribution is -2.35. The smallest absolute Gasteiger partial charge is 0.222 e. The van der Waals surface area contributed by atoms with E-state index in [9.17, 15) is 13.6 Å². The van der Waals surface area contributed by atoms with Crippen molar-refractivity contribution < 1.29 is 18.3 Å². The summed E-state index contributed by atoms with van der Waals surface area (Å²) in [5.74, 6) is 0.00986. The maximum atomic E-state index is 13.1. The summed E-state index contributed by atoms with van der Waals surface area (Å²) in [4.78, 5) is 16.5. The topological polar surface area (TPSA) is 32.8 Å². The van der Waals surface area contributed by atoms with Crippen LogP contribution in [0.5, 0.6) is 5.75 Å². The minimum atomic E-state index is -0.334. The second-order valence-electron chi connectivity index (χ2n) is 6.61. The number of carbonyl (C=O) groups is 1. The van der Waals surface area contributed by atoms with Crippen LogP contribution in [0.15, 0.2) is 48.5 Å². The monoisotopic (exact) mass is 374 g/mol. The Labute approximate surface area is 158 Å². The summed E-state index contributed by atoms with van der Waals surface area (Å²) in [7, 11) is 0. The lowest BCUT2D eigenvalue weighted by Gasteiger charge is -2.23. The first-order valence-electron chi connectivity index (χ1n) is 9.28. The van der Waals surface area contributed by atoms with Gasteiger partial charge in [0.2, 0.25) is 5.91 Å². The number of ether oxygens (including phenoxy) is 1. The van der Waals surface area contributed by atoms with Crippen molar-refractivity contribution >= 4 is 11.6 Å². The highest BCUT2D eigenvalue weighted by Crippen LogP contribution is 2.18. The first-order valence-corrected chi connectivity index (χ1v) is 9.28. The van der Waals surface area contributed by atoms with E-state index in [0.29, 0.717) is 31.7 Å². The van der Waals surface area contributed by atoms with Gasteiger partial charge >= 0.3 is 0 Å². The van der Waals surface area contributed by atoms with Crippen LogP contribution in [0.3, 0.4) is 0 Å². The van der Waals surface area contributed by atoms with Crippen LogP contribution in [-0.4, -0.2) is 43.6 Å². The average Bonchev–Trinajstić information content (AvgIpc) is 2.92. The Morgan fingerprint density at radius 1 is 0.963 bits per heavy atom. The molecule has 1 amide bonds. The molecule has 0 saturated carbocycles. The van der Waals surface area contributed by atoms with Gasteiger partial charge < -0.3 is 14.5 Å². The summed E-state index contributed by atoms with van der Waals surface area (Å²) in [5.41, 5.74) is 0.981. The van der Waals surface area contributed by atoms with Crippen LogP contribution in [0.25, 0.3) is 0 Å². The fourth-order valence-corrected chi connectivity index (χ4v) is 3.21. The van der Waals surface area contributed by atoms with E-state index in [2.05, 4.69) is 4.90 Å². The summed E-state index contributed by atoms with van der Waals surface area (Å²) in [5, 5.41) is 0. The molecule has 2 aromatic rings. The molecule has 1 aliphatic rings. The van der Waals surface area contributed by atoms with Crippen LogP contribution in [0.4, 0.5) is 14.5 Å². The van der Waals surface area contributed by atoms with Crippen molar-refractivity contribution in [2.45, 2.75) is 19.3 Å². The second kappa shape index (κ2) is 9.35. The molecule has 2 aromatic carbocycles. The van der Waals surface area contributed by atoms with Crippen molar-refractivity contribution in [1.29, 1.82) is 0 Å². The van der Waals surface area contributed by atoms with Crippen molar-refractivity contribution in [3.05, 3.63) is 60.2 Å². The van der Waals surface area contributed by atoms with Crippen LogP contribution >= 0.6 is 0 Å². The van der Waals surface area contributed by atoms with Gasteiger partial charge in [-0.15, -0.1) is 0 Å². The number of amides is 1. The molecule has 0 aromatic heterocycles. The van der Waals surface area contributed by atoms with Gasteiger partial charge in [-0.05, 0) is 49.2 Å². The normalized spacial score (nSPS) is 14.7. The largest absolute Gasteiger partial charge is 0.493 e. The Bertz CT molecular complexity index is 752. The van der Waals surface area contributed by atoms with Gasteiger partial charge in [0.05, 0.1) is 6.61 Å². The van der Waals surface area contributed by atoms with E-state index < -0.39 is 0 Å². The lowest BCUT2D eigenvalue weighted by atomic mass is 10.2. The molecule has 27 heavy (non-hydrogen) atoms. The number of hydrogen-bond donors (Lipinski definition) is 0. The van der Waals surface area contributed by atoms with Crippen LogP contribution in [0.1, 0.15) is 19.3 Å². The molecule has 0 radical (unpaired) electrons. The van der Waals surface area contributed by atoms with E-state index >= 15 is 0 Å². The fourth-order valence-electron chi connectivity index (χ4n) is 3.21. The molecule has 0 N–H and O–H groups in total. The molecule has 0 spiro atoms. The summed E-state index contributed by atoms with van der Waals surface area (Å²) in [6.45, 7) is 3.34. The van der Waals surface area contributed by atoms with Crippen molar-refractivity contribution in [3.8, 4) is 5.75 Å². The number of benzene rings is 2. The van der Waals surface area contributed by atoms with Crippen molar-refractivity contribution in [2.75, 3.05) is 37.7 Å². The molecule has 0 unspecified atom stereocenters. The molecule has 1 saturated heterocycles. The predicted molar refractivity (Wildman–Crippen MR) is 101 cm³/mol. The highest BCUT2D eigenvalue weighted by atomic mass is 19.1. The molecular formula is C21H24F2N2O2. The summed E-state index contributed by atoms with van der Waals surface area (Å²) in [6, 6.07) is 12.5. The number of hydrogen-bond acceptors (Lipinski definition) is 3. The van der Waals surface area contributed by atoms with E-state index in [1.165, 1.54) is 24.3 Å². The summed E-state index contributed by atoms with van der Waals surface area (Å²) >= 11 is 0. The third kappa shape index (κ3) is 5.67. The molecule has 0 bridgehead atoms. The van der Waals surface area contributed by atoms with Crippen molar-refractivity contribution in [1.82, 2.24) is 4.90 Å². The zero-order valence-corrected chi connectivity index (χ0v) is 15.2. The van der Waals surface area contributed by atoms with Gasteiger partial charge in [-0.3, -0.25) is 4.79 Å². The minimum Gasteiger partial charge on any atom is -0.493 e. The number of carbonyl (C=O) groups excluding carboxylic acids is 1. The SMILES string of the molecule is O=C(CCCOc1cccc(F)c1)N1CCCN(c2ccc(F)cc2)CC1. The van der Waals surface area contributed by atoms with Gasteiger partial charge in [0.25, 0.3) is 0 Å². The summed E-state index contributed by atoms with van der Waals surface area (Å²) < 4.78 is 31.7. The van der Waals surface area contributed by atoms with E-state index in [1.807, 2.05) is 4.90 Å². The van der Waals surface area contributed by atoms with Crippen molar-refractivity contribution in [2.24, 2.45) is 0 Å². The number of rotatable bonds is 6. The van der Waals surface area contributed by atoms with Crippen LogP contribution in [-0.2, 0) is 4.79 Å². The molecule has 6 heteroatoms. The molecule has 1 aliphatic heterocycles. The first-order chi connectivity index (χ1) is 13.1. The highest BCUT2D eigenvalue weighted by molar-refractivity contribution is 5.76. The molecular weight excluding hydrogens is 350 g/mol. The number of nitrogens with zero attached hydrogens (tertiary/aromatic N) is 2. The third-order valence-corrected chi connectivity index (χ3v) is 4.64. The van der Waals surface area contributed by atoms with Gasteiger partial charge in [-0.1, -0.05) is 6.07 Å². The Morgan fingerprint density at radius 2 is 1.78 bits per heavy atom. The van der Waals surface area contributed by atoms with E-state index in [4.69, 9.17) is 4.74 Å². The van der Waals surface area contributed by atoms with Gasteiger partial charge in [0.15, 0.2) is 0 Å². The number of halogens is 2. The van der Waals surface area contributed by atoms with E-state index in [0.717, 1.165) is 31.7 Å². The molecule has 144 valence electrons. The molecule has 0 aliphatic carbocycles. The van der Waals surface area contributed by atoms with E-state index in [1.54, 1.807) is 24.3 Å². The number of anilines is 1. The zero-order valence-electron chi connectivity index (χ0n) is 15.2. The second-order valence-corrected chi connectivity index (χ2v) is 6.61. The zero-order chi connectivity index (χ0) is 19.1. The Kier molecular flexibility index (Phi) is 6.63. The van der Waals surface area contributed by atoms with Gasteiger partial charge in [-0.25, -0.2) is 8.78 Å². The van der Waals surface area contributed by atoms with Gasteiger partial charge in [-0.2, -0.15) is 0 Å². The van der Waals surface area contributed by atoms with Gasteiger partial charge in [0, 0.05) is 44.4 Å². The molecule has 1 heterocycles. The third-order valence-electron chi connectivity index (χ3n) is 4.64. The maximum Gasteiger partial charge on any atom is 0.222 e. The molecule has 4 nitrogen and oxygen atoms in total. The standard InChI is InChI=1S/C21H24F2N2O2/c22-17-7-9-19(10-8-17)24-11-3-12-25(14-13-24)21(26)6-2-15-27-20-5-1-4-18(23)16-20/h1,4-5,7-10,16H,2-3,6,11-15H2. The molecule has 0 atom stereocenters. The Morgan fingerprint density at radius 3 is 2.56 bits per heavy atom. The van der Waals surface area contributed by atoms with E-state index in [-0.39, 0.29) is 17.5 Å².